The van der Waals surface area contributed by atoms with Crippen molar-refractivity contribution in [1.82, 2.24) is 35.8 Å². The van der Waals surface area contributed by atoms with E-state index in [9.17, 15) is 41.9 Å². The topological polar surface area (TPSA) is 251 Å². The monoisotopic (exact) mass is 1060 g/mol. The van der Waals surface area contributed by atoms with E-state index in [1.807, 2.05) is 31.2 Å². The molecule has 3 atom stereocenters. The summed E-state index contributed by atoms with van der Waals surface area (Å²) < 4.78 is 68.2. The van der Waals surface area contributed by atoms with Crippen molar-refractivity contribution in [2.75, 3.05) is 50.0 Å². The number of hydrogen-bond acceptors (Lipinski definition) is 13. The van der Waals surface area contributed by atoms with Gasteiger partial charge in [0, 0.05) is 60.5 Å². The molecular formula is C52H58F2N8O10S2. The number of aromatic amines is 1. The molecular weight excluding hydrogens is 999 g/mol. The predicted molar refractivity (Wildman–Crippen MR) is 275 cm³/mol. The highest BCUT2D eigenvalue weighted by molar-refractivity contribution is 7.92. The first kappa shape index (κ1) is 54.8. The van der Waals surface area contributed by atoms with Crippen LogP contribution in [-0.2, 0) is 40.4 Å². The van der Waals surface area contributed by atoms with E-state index in [1.54, 1.807) is 74.9 Å². The molecule has 0 spiro atoms. The van der Waals surface area contributed by atoms with Gasteiger partial charge in [0.15, 0.2) is 5.82 Å². The maximum Gasteiger partial charge on any atom is 0.251 e. The zero-order valence-corrected chi connectivity index (χ0v) is 43.1. The number of aromatic nitrogens is 3. The normalized spacial score (nSPS) is 15.2. The highest BCUT2D eigenvalue weighted by Crippen LogP contribution is 2.31. The number of sulfonamides is 1. The number of H-pyrrole nitrogens is 1. The fourth-order valence-corrected chi connectivity index (χ4v) is 10.3. The number of β-amino-alcohol motifs (C(OH)–C–C–N with tert-alkyl or cyclic N) is 1. The van der Waals surface area contributed by atoms with Crippen LogP contribution >= 0.6 is 11.3 Å². The zero-order valence-electron chi connectivity index (χ0n) is 41.4. The standard InChI is InChI=1S/C52H58F2N8O10S2/c1-6-21-74(69,70)61-40-16-15-39(53)43(44(40)54)45(65)38-26-57-48-37(38)22-35(25-56-48)32-11-13-34(14-12-32)49(66)55-17-18-71-19-20-72-28-42(64)60-47(52(3,4)5)51(68)62-27-36(63)23-41(62)50(67)58-24-31-7-9-33(10-8-31)46-30(2)59-29-73-46/h7-16,22,25-26,29,36,41,47,61,63H,6,17-21,23-24,27-28H2,1-5H3,(H,55,66)(H,56,57)(H,58,67)(H,60,64)/t36-,41+,47-/m1/s1. The van der Waals surface area contributed by atoms with Gasteiger partial charge in [0.05, 0.1) is 59.0 Å². The molecule has 1 saturated heterocycles. The fraction of sp³-hybridized carbons (Fsp3) is 0.365. The van der Waals surface area contributed by atoms with Gasteiger partial charge in [0.25, 0.3) is 5.91 Å². The van der Waals surface area contributed by atoms with Crippen molar-refractivity contribution in [2.45, 2.75) is 72.2 Å². The first-order valence-electron chi connectivity index (χ1n) is 23.8. The number of hydrogen-bond donors (Lipinski definition) is 6. The molecule has 18 nitrogen and oxygen atoms in total. The number of carbonyl (C=O) groups excluding carboxylic acids is 5. The molecule has 1 aliphatic heterocycles. The number of aryl methyl sites for hydroxylation is 1. The van der Waals surface area contributed by atoms with Crippen LogP contribution in [0.15, 0.2) is 84.6 Å². The Morgan fingerprint density at radius 2 is 1.65 bits per heavy atom. The highest BCUT2D eigenvalue weighted by atomic mass is 32.2. The summed E-state index contributed by atoms with van der Waals surface area (Å²) in [6.07, 6.45) is 2.19. The number of pyridine rings is 1. The number of thiazole rings is 1. The van der Waals surface area contributed by atoms with Gasteiger partial charge < -0.3 is 40.4 Å². The van der Waals surface area contributed by atoms with Crippen molar-refractivity contribution in [3.8, 4) is 21.6 Å². The van der Waals surface area contributed by atoms with Crippen molar-refractivity contribution >= 4 is 67.5 Å². The molecule has 74 heavy (non-hydrogen) atoms. The van der Waals surface area contributed by atoms with Gasteiger partial charge in [-0.1, -0.05) is 64.1 Å². The SMILES string of the molecule is CCCS(=O)(=O)Nc1ccc(F)c(C(=O)c2c[nH]c3ncc(-c4ccc(C(=O)NCCOCCOCC(=O)N[C@H](C(=O)N5C[C@H](O)C[C@H]5C(=O)NCc5ccc(-c6scnc6C)cc5)C(C)(C)C)cc4)cc23)c1F. The van der Waals surface area contributed by atoms with Crippen LogP contribution in [0.4, 0.5) is 14.5 Å². The third kappa shape index (κ3) is 13.4. The van der Waals surface area contributed by atoms with Crippen molar-refractivity contribution in [3.63, 3.8) is 0 Å². The van der Waals surface area contributed by atoms with Gasteiger partial charge in [-0.2, -0.15) is 0 Å². The molecule has 6 aromatic rings. The molecule has 0 radical (unpaired) electrons. The largest absolute Gasteiger partial charge is 0.391 e. The molecule has 4 amide bonds. The molecule has 7 rings (SSSR count). The molecule has 6 N–H and O–H groups in total. The minimum atomic E-state index is -3.93. The Morgan fingerprint density at radius 1 is 0.932 bits per heavy atom. The summed E-state index contributed by atoms with van der Waals surface area (Å²) in [6.45, 7) is 9.14. The lowest BCUT2D eigenvalue weighted by atomic mass is 9.85. The first-order valence-corrected chi connectivity index (χ1v) is 26.4. The number of nitrogens with zero attached hydrogens (tertiary/aromatic N) is 3. The van der Waals surface area contributed by atoms with Crippen molar-refractivity contribution in [3.05, 3.63) is 124 Å². The van der Waals surface area contributed by atoms with Gasteiger partial charge in [-0.15, -0.1) is 11.3 Å². The molecule has 0 saturated carbocycles. The van der Waals surface area contributed by atoms with Gasteiger partial charge in [-0.25, -0.2) is 27.2 Å². The van der Waals surface area contributed by atoms with Crippen LogP contribution in [0.25, 0.3) is 32.6 Å². The Labute approximate surface area is 430 Å². The summed E-state index contributed by atoms with van der Waals surface area (Å²) in [6, 6.07) is 15.6. The molecule has 3 aromatic carbocycles. The zero-order chi connectivity index (χ0) is 53.3. The third-order valence-corrected chi connectivity index (χ3v) is 14.6. The molecule has 0 aliphatic carbocycles. The van der Waals surface area contributed by atoms with Crippen LogP contribution in [0.1, 0.15) is 78.1 Å². The number of aliphatic hydroxyl groups excluding tert-OH is 1. The van der Waals surface area contributed by atoms with Crippen LogP contribution < -0.4 is 20.7 Å². The van der Waals surface area contributed by atoms with E-state index in [4.69, 9.17) is 9.47 Å². The fourth-order valence-electron chi connectivity index (χ4n) is 8.33. The van der Waals surface area contributed by atoms with Gasteiger partial charge in [0.1, 0.15) is 30.2 Å². The van der Waals surface area contributed by atoms with Gasteiger partial charge in [-0.05, 0) is 65.8 Å². The summed E-state index contributed by atoms with van der Waals surface area (Å²) in [7, 11) is -3.93. The molecule has 4 heterocycles. The number of amides is 4. The minimum absolute atomic E-state index is 0.0359. The van der Waals surface area contributed by atoms with Gasteiger partial charge in [0.2, 0.25) is 33.5 Å². The number of ether oxygens (including phenoxy) is 2. The molecule has 392 valence electrons. The summed E-state index contributed by atoms with van der Waals surface area (Å²) in [4.78, 5) is 80.8. The lowest BCUT2D eigenvalue weighted by molar-refractivity contribution is -0.144. The van der Waals surface area contributed by atoms with E-state index in [0.717, 1.165) is 33.8 Å². The number of anilines is 1. The number of benzene rings is 3. The molecule has 22 heteroatoms. The van der Waals surface area contributed by atoms with E-state index >= 15 is 4.39 Å². The van der Waals surface area contributed by atoms with Crippen LogP contribution in [0, 0.1) is 24.0 Å². The Hall–Kier alpha value is -6.98. The molecule has 0 bridgehead atoms. The molecule has 0 unspecified atom stereocenters. The van der Waals surface area contributed by atoms with Crippen LogP contribution in [-0.4, -0.2) is 126 Å². The second kappa shape index (κ2) is 23.9. The van der Waals surface area contributed by atoms with Gasteiger partial charge in [-0.3, -0.25) is 28.7 Å². The Balaban J connectivity index is 0.835. The smallest absolute Gasteiger partial charge is 0.251 e. The lowest BCUT2D eigenvalue weighted by Crippen LogP contribution is -2.58. The Bertz CT molecular complexity index is 3120. The van der Waals surface area contributed by atoms with Crippen LogP contribution in [0.5, 0.6) is 0 Å². The highest BCUT2D eigenvalue weighted by Gasteiger charge is 2.44. The number of likely N-dealkylation sites (tertiary alicyclic amines) is 1. The first-order chi connectivity index (χ1) is 35.2. The second-order valence-electron chi connectivity index (χ2n) is 18.8. The van der Waals surface area contributed by atoms with E-state index in [2.05, 4.69) is 35.6 Å². The molecule has 1 fully saturated rings. The average molecular weight is 1060 g/mol. The van der Waals surface area contributed by atoms with Crippen molar-refractivity contribution < 1.29 is 55.8 Å². The quantitative estimate of drug-likeness (QED) is 0.0344. The number of halogens is 2. The summed E-state index contributed by atoms with van der Waals surface area (Å²) in [5.41, 5.74) is 4.04. The summed E-state index contributed by atoms with van der Waals surface area (Å²) in [5, 5.41) is 19.2. The maximum atomic E-state index is 15.5. The van der Waals surface area contributed by atoms with E-state index in [-0.39, 0.29) is 87.2 Å². The van der Waals surface area contributed by atoms with E-state index in [0.29, 0.717) is 16.7 Å². The summed E-state index contributed by atoms with van der Waals surface area (Å²) >= 11 is 1.55. The average Bonchev–Trinajstić information content (AvgIpc) is 4.11. The van der Waals surface area contributed by atoms with Crippen LogP contribution in [0.3, 0.4) is 0 Å². The lowest BCUT2D eigenvalue weighted by Gasteiger charge is -2.35. The van der Waals surface area contributed by atoms with Crippen LogP contribution in [0.2, 0.25) is 0 Å². The molecule has 3 aromatic heterocycles. The Morgan fingerprint density at radius 3 is 2.34 bits per heavy atom. The number of carbonyl (C=O) groups is 5. The Kier molecular flexibility index (Phi) is 17.7. The number of nitrogens with one attached hydrogen (secondary N) is 5. The number of rotatable bonds is 22. The molecule has 1 aliphatic rings. The minimum Gasteiger partial charge on any atom is -0.391 e. The van der Waals surface area contributed by atoms with E-state index in [1.165, 1.54) is 17.3 Å². The second-order valence-corrected chi connectivity index (χ2v) is 21.5. The summed E-state index contributed by atoms with van der Waals surface area (Å²) in [5.74, 6) is -5.69. The maximum absolute atomic E-state index is 15.5. The number of fused-ring (bicyclic) bond motifs is 1. The van der Waals surface area contributed by atoms with Crippen molar-refractivity contribution in [2.24, 2.45) is 5.41 Å². The number of aliphatic hydroxyl groups is 1. The van der Waals surface area contributed by atoms with Crippen molar-refractivity contribution in [1.29, 1.82) is 0 Å². The van der Waals surface area contributed by atoms with E-state index < -0.39 is 80.0 Å². The predicted octanol–water partition coefficient (Wildman–Crippen LogP) is 5.89. The number of ketones is 1. The third-order valence-electron chi connectivity index (χ3n) is 12.2. The van der Waals surface area contributed by atoms with Gasteiger partial charge >= 0.3 is 0 Å².